The van der Waals surface area contributed by atoms with Gasteiger partial charge in [0.15, 0.2) is 5.82 Å². The van der Waals surface area contributed by atoms with E-state index in [1.807, 2.05) is 0 Å². The van der Waals surface area contributed by atoms with E-state index in [9.17, 15) is 9.18 Å². The molecular weight excluding hydrogens is 450 g/mol. The van der Waals surface area contributed by atoms with Crippen LogP contribution in [0.4, 0.5) is 4.39 Å². The molecule has 0 radical (unpaired) electrons. The molecule has 0 amide bonds. The van der Waals surface area contributed by atoms with Crippen LogP contribution in [0.5, 0.6) is 11.6 Å². The van der Waals surface area contributed by atoms with Gasteiger partial charge in [-0.2, -0.15) is 4.80 Å². The summed E-state index contributed by atoms with van der Waals surface area (Å²) in [4.78, 5) is 15.6. The number of rotatable bonds is 7. The number of carboxylic acids is 1. The molecule has 0 bridgehead atoms. The number of tetrazole rings is 1. The van der Waals surface area contributed by atoms with Crippen molar-refractivity contribution >= 4 is 41.6 Å². The second kappa shape index (κ2) is 9.79. The summed E-state index contributed by atoms with van der Waals surface area (Å²) in [6, 6.07) is 4.98. The summed E-state index contributed by atoms with van der Waals surface area (Å²) in [5.41, 5.74) is 6.16. The third kappa shape index (κ3) is 5.97. The standard InChI is InChI=1S/C16H13Cl2FN6O3.ClH/c17-8-3-13(19)16(21-6-8)28-10-1-2-11(12(18)5-10)15-22-24-25(23-15)7-9(20)4-14(26)27;/h1-3,5-6,9H,4,7,20H2,(H,26,27);1H/t9-;/m0./s1. The normalized spacial score (nSPS) is 11.6. The predicted octanol–water partition coefficient (Wildman–Crippen LogP) is 3.20. The number of nitrogens with two attached hydrogens (primary N) is 1. The average molecular weight is 464 g/mol. The Labute approximate surface area is 180 Å². The van der Waals surface area contributed by atoms with Crippen molar-refractivity contribution in [1.82, 2.24) is 25.2 Å². The fourth-order valence-electron chi connectivity index (χ4n) is 2.26. The van der Waals surface area contributed by atoms with E-state index in [1.165, 1.54) is 23.1 Å². The molecule has 13 heteroatoms. The molecule has 0 spiro atoms. The van der Waals surface area contributed by atoms with E-state index < -0.39 is 17.8 Å². The van der Waals surface area contributed by atoms with Gasteiger partial charge in [0.2, 0.25) is 5.82 Å². The number of carboxylic acid groups (broad SMARTS) is 1. The summed E-state index contributed by atoms with van der Waals surface area (Å²) < 4.78 is 19.2. The van der Waals surface area contributed by atoms with Crippen LogP contribution in [-0.2, 0) is 11.3 Å². The summed E-state index contributed by atoms with van der Waals surface area (Å²) in [7, 11) is 0. The van der Waals surface area contributed by atoms with Crippen LogP contribution in [-0.4, -0.2) is 42.3 Å². The summed E-state index contributed by atoms with van der Waals surface area (Å²) in [6.45, 7) is 0.0830. The second-order valence-corrected chi connectivity index (χ2v) is 6.55. The highest BCUT2D eigenvalue weighted by Crippen LogP contribution is 2.31. The van der Waals surface area contributed by atoms with Crippen LogP contribution in [0.25, 0.3) is 11.4 Å². The van der Waals surface area contributed by atoms with E-state index in [2.05, 4.69) is 20.4 Å². The minimum Gasteiger partial charge on any atom is -0.481 e. The Morgan fingerprint density at radius 2 is 2.10 bits per heavy atom. The molecule has 0 aliphatic rings. The van der Waals surface area contributed by atoms with Crippen molar-refractivity contribution in [2.45, 2.75) is 19.0 Å². The highest BCUT2D eigenvalue weighted by atomic mass is 35.5. The van der Waals surface area contributed by atoms with Gasteiger partial charge >= 0.3 is 5.97 Å². The molecule has 0 aliphatic heterocycles. The smallest absolute Gasteiger partial charge is 0.304 e. The van der Waals surface area contributed by atoms with Gasteiger partial charge in [-0.1, -0.05) is 23.2 Å². The lowest BCUT2D eigenvalue weighted by Gasteiger charge is -2.08. The van der Waals surface area contributed by atoms with Crippen LogP contribution >= 0.6 is 35.6 Å². The van der Waals surface area contributed by atoms with E-state index in [-0.39, 0.29) is 52.9 Å². The summed E-state index contributed by atoms with van der Waals surface area (Å²) in [6.07, 6.45) is 1.03. The highest BCUT2D eigenvalue weighted by Gasteiger charge is 2.15. The number of carbonyl (C=O) groups is 1. The molecule has 0 saturated carbocycles. The molecule has 29 heavy (non-hydrogen) atoms. The first-order chi connectivity index (χ1) is 13.3. The average Bonchev–Trinajstić information content (AvgIpc) is 3.04. The van der Waals surface area contributed by atoms with Gasteiger partial charge in [0, 0.05) is 23.9 Å². The topological polar surface area (TPSA) is 129 Å². The van der Waals surface area contributed by atoms with Crippen molar-refractivity contribution in [2.24, 2.45) is 5.73 Å². The SMILES string of the molecule is Cl.N[C@@H](CC(=O)O)Cn1nnc(-c2ccc(Oc3ncc(Cl)cc3F)cc2Cl)n1. The first kappa shape index (κ1) is 22.8. The Balaban J connectivity index is 0.00000300. The van der Waals surface area contributed by atoms with E-state index >= 15 is 0 Å². The fraction of sp³-hybridized carbons (Fsp3) is 0.188. The van der Waals surface area contributed by atoms with Crippen LogP contribution in [0.2, 0.25) is 10.0 Å². The van der Waals surface area contributed by atoms with Gasteiger partial charge in [-0.05, 0) is 23.4 Å². The highest BCUT2D eigenvalue weighted by molar-refractivity contribution is 6.33. The molecule has 0 fully saturated rings. The lowest BCUT2D eigenvalue weighted by atomic mass is 10.2. The Hall–Kier alpha value is -2.53. The van der Waals surface area contributed by atoms with E-state index in [4.69, 9.17) is 38.8 Å². The van der Waals surface area contributed by atoms with Gasteiger partial charge in [-0.15, -0.1) is 22.6 Å². The number of hydrogen-bond acceptors (Lipinski definition) is 7. The lowest BCUT2D eigenvalue weighted by Crippen LogP contribution is -2.30. The second-order valence-electron chi connectivity index (χ2n) is 5.71. The van der Waals surface area contributed by atoms with Crippen LogP contribution in [0.3, 0.4) is 0 Å². The van der Waals surface area contributed by atoms with E-state index in [1.54, 1.807) is 6.07 Å². The van der Waals surface area contributed by atoms with Gasteiger partial charge < -0.3 is 15.6 Å². The summed E-state index contributed by atoms with van der Waals surface area (Å²) in [5, 5.41) is 21.0. The van der Waals surface area contributed by atoms with Gasteiger partial charge in [0.1, 0.15) is 5.75 Å². The third-order valence-corrected chi connectivity index (χ3v) is 3.98. The Bertz CT molecular complexity index is 1020. The molecule has 3 aromatic rings. The maximum Gasteiger partial charge on any atom is 0.304 e. The molecule has 0 saturated heterocycles. The van der Waals surface area contributed by atoms with Crippen molar-refractivity contribution in [3.05, 3.63) is 46.3 Å². The minimum atomic E-state index is -1.02. The molecule has 2 heterocycles. The van der Waals surface area contributed by atoms with E-state index in [0.717, 1.165) is 6.07 Å². The quantitative estimate of drug-likeness (QED) is 0.546. The number of pyridine rings is 1. The number of hydrogen-bond donors (Lipinski definition) is 2. The number of ether oxygens (including phenoxy) is 1. The van der Waals surface area contributed by atoms with Crippen LogP contribution in [0, 0.1) is 5.82 Å². The third-order valence-electron chi connectivity index (χ3n) is 3.46. The molecule has 1 aromatic carbocycles. The largest absolute Gasteiger partial charge is 0.481 e. The van der Waals surface area contributed by atoms with Crippen molar-refractivity contribution in [1.29, 1.82) is 0 Å². The Morgan fingerprint density at radius 3 is 2.76 bits per heavy atom. The van der Waals surface area contributed by atoms with Gasteiger partial charge in [-0.3, -0.25) is 4.79 Å². The molecule has 2 aromatic heterocycles. The zero-order valence-electron chi connectivity index (χ0n) is 14.5. The molecule has 154 valence electrons. The summed E-state index contributed by atoms with van der Waals surface area (Å²) in [5.74, 6) is -1.51. The minimum absolute atomic E-state index is 0. The first-order valence-electron chi connectivity index (χ1n) is 7.86. The molecule has 3 rings (SSSR count). The van der Waals surface area contributed by atoms with Gasteiger partial charge in [0.05, 0.1) is 23.0 Å². The maximum absolute atomic E-state index is 13.8. The molecular formula is C16H14Cl3FN6O3. The van der Waals surface area contributed by atoms with Crippen LogP contribution < -0.4 is 10.5 Å². The Kier molecular flexibility index (Phi) is 7.68. The van der Waals surface area contributed by atoms with Crippen molar-refractivity contribution in [3.63, 3.8) is 0 Å². The number of halogens is 4. The zero-order chi connectivity index (χ0) is 20.3. The monoisotopic (exact) mass is 462 g/mol. The van der Waals surface area contributed by atoms with Crippen molar-refractivity contribution < 1.29 is 19.0 Å². The predicted molar refractivity (Wildman–Crippen MR) is 105 cm³/mol. The van der Waals surface area contributed by atoms with Crippen molar-refractivity contribution in [3.8, 4) is 23.0 Å². The number of nitrogens with zero attached hydrogens (tertiary/aromatic N) is 5. The Morgan fingerprint density at radius 1 is 1.34 bits per heavy atom. The van der Waals surface area contributed by atoms with Crippen LogP contribution in [0.1, 0.15) is 6.42 Å². The summed E-state index contributed by atoms with van der Waals surface area (Å²) >= 11 is 11.9. The first-order valence-corrected chi connectivity index (χ1v) is 8.61. The molecule has 0 unspecified atom stereocenters. The zero-order valence-corrected chi connectivity index (χ0v) is 16.8. The van der Waals surface area contributed by atoms with Gasteiger partial charge in [0.25, 0.3) is 5.88 Å². The number of aromatic nitrogens is 5. The molecule has 1 atom stereocenters. The lowest BCUT2D eigenvalue weighted by molar-refractivity contribution is -0.137. The van der Waals surface area contributed by atoms with Crippen molar-refractivity contribution in [2.75, 3.05) is 0 Å². The number of aliphatic carboxylic acids is 1. The van der Waals surface area contributed by atoms with E-state index in [0.29, 0.717) is 5.56 Å². The van der Waals surface area contributed by atoms with Gasteiger partial charge in [-0.25, -0.2) is 9.37 Å². The number of benzene rings is 1. The molecule has 9 nitrogen and oxygen atoms in total. The van der Waals surface area contributed by atoms with Crippen LogP contribution in [0.15, 0.2) is 30.5 Å². The molecule has 0 aliphatic carbocycles. The fourth-order valence-corrected chi connectivity index (χ4v) is 2.66. The maximum atomic E-state index is 13.8. The molecule has 3 N–H and O–H groups in total.